The van der Waals surface area contributed by atoms with E-state index in [0.29, 0.717) is 54.5 Å². The normalized spacial score (nSPS) is 15.6. The summed E-state index contributed by atoms with van der Waals surface area (Å²) >= 11 is 0. The Morgan fingerprint density at radius 3 is 2.06 bits per heavy atom. The van der Waals surface area contributed by atoms with Crippen LogP contribution < -0.4 is 37.6 Å². The molecule has 67 heavy (non-hydrogen) atoms. The van der Waals surface area contributed by atoms with Crippen molar-refractivity contribution in [2.24, 2.45) is 5.73 Å². The van der Waals surface area contributed by atoms with Gasteiger partial charge in [-0.3, -0.25) is 62.5 Å². The molecule has 0 saturated carbocycles. The van der Waals surface area contributed by atoms with E-state index in [4.69, 9.17) is 5.73 Å². The molecule has 5 rings (SSSR count). The number of nitrogens with two attached hydrogens (primary N) is 1. The van der Waals surface area contributed by atoms with Crippen LogP contribution in [0.25, 0.3) is 0 Å². The summed E-state index contributed by atoms with van der Waals surface area (Å²) in [7, 11) is 0. The number of fused-ring (bicyclic) bond motifs is 1. The fourth-order valence-corrected chi connectivity index (χ4v) is 7.31. The van der Waals surface area contributed by atoms with Crippen molar-refractivity contribution in [3.05, 3.63) is 82.9 Å². The first-order valence-corrected chi connectivity index (χ1v) is 21.9. The minimum absolute atomic E-state index is 0.0208. The van der Waals surface area contributed by atoms with Gasteiger partial charge in [0.25, 0.3) is 23.6 Å². The van der Waals surface area contributed by atoms with Gasteiger partial charge in [-0.15, -0.1) is 0 Å². The summed E-state index contributed by atoms with van der Waals surface area (Å²) in [5.74, 6) is -0.224. The second kappa shape index (κ2) is 25.1. The zero-order valence-electron chi connectivity index (χ0n) is 36.9. The average molecular weight is 923 g/mol. The molecule has 2 atom stereocenters. The summed E-state index contributed by atoms with van der Waals surface area (Å²) in [4.78, 5) is 142. The summed E-state index contributed by atoms with van der Waals surface area (Å²) in [6.07, 6.45) is 5.47. The van der Waals surface area contributed by atoms with Gasteiger partial charge in [0, 0.05) is 62.1 Å². The molecule has 0 radical (unpaired) electrons. The fourth-order valence-electron chi connectivity index (χ4n) is 7.31. The molecular weight excluding hydrogens is 869 g/mol. The van der Waals surface area contributed by atoms with Crippen molar-refractivity contribution in [3.63, 3.8) is 0 Å². The molecular formula is C46H54N10O11. The number of nitrogens with zero attached hydrogens (tertiary/aromatic N) is 3. The Kier molecular flexibility index (Phi) is 18.8. The van der Waals surface area contributed by atoms with Gasteiger partial charge in [-0.25, -0.2) is 0 Å². The van der Waals surface area contributed by atoms with E-state index >= 15 is 0 Å². The van der Waals surface area contributed by atoms with Crippen LogP contribution in [-0.2, 0) is 60.9 Å². The molecule has 21 nitrogen and oxygen atoms in total. The number of unbranched alkanes of at least 4 members (excludes halogenated alkanes) is 3. The first-order valence-electron chi connectivity index (χ1n) is 21.9. The Hall–Kier alpha value is -7.73. The highest BCUT2D eigenvalue weighted by Gasteiger charge is 2.43. The Bertz CT molecular complexity index is 2320. The van der Waals surface area contributed by atoms with Crippen molar-refractivity contribution in [2.75, 3.05) is 45.9 Å². The lowest BCUT2D eigenvalue weighted by atomic mass is 10.0. The van der Waals surface area contributed by atoms with E-state index < -0.39 is 92.2 Å². The van der Waals surface area contributed by atoms with Crippen LogP contribution in [0.4, 0.5) is 0 Å². The number of nitrogens with one attached hydrogen (secondary N) is 6. The van der Waals surface area contributed by atoms with Gasteiger partial charge >= 0.3 is 0 Å². The predicted octanol–water partition coefficient (Wildman–Crippen LogP) is -2.00. The molecule has 1 fully saturated rings. The van der Waals surface area contributed by atoms with Crippen LogP contribution in [0.2, 0.25) is 0 Å². The lowest BCUT2D eigenvalue weighted by Gasteiger charge is -2.35. The molecule has 0 spiro atoms. The van der Waals surface area contributed by atoms with Gasteiger partial charge < -0.3 is 42.5 Å². The first-order chi connectivity index (χ1) is 32.2. The Balaban J connectivity index is 1.01. The molecule has 3 aliphatic rings. The van der Waals surface area contributed by atoms with Crippen LogP contribution in [0.1, 0.15) is 78.4 Å². The van der Waals surface area contributed by atoms with Crippen molar-refractivity contribution in [2.45, 2.75) is 76.4 Å². The van der Waals surface area contributed by atoms with Crippen LogP contribution in [0.5, 0.6) is 0 Å². The molecule has 11 amide bonds. The maximum Gasteiger partial charge on any atom is 0.255 e. The highest BCUT2D eigenvalue weighted by molar-refractivity contribution is 6.13. The highest BCUT2D eigenvalue weighted by atomic mass is 16.2. The number of hydrogen-bond donors (Lipinski definition) is 7. The predicted molar refractivity (Wildman–Crippen MR) is 238 cm³/mol. The van der Waals surface area contributed by atoms with Gasteiger partial charge in [-0.05, 0) is 55.5 Å². The maximum atomic E-state index is 13.6. The Morgan fingerprint density at radius 1 is 0.701 bits per heavy atom. The van der Waals surface area contributed by atoms with E-state index in [-0.39, 0.29) is 56.5 Å². The monoisotopic (exact) mass is 922 g/mol. The van der Waals surface area contributed by atoms with Crippen LogP contribution >= 0.6 is 0 Å². The Morgan fingerprint density at radius 2 is 1.36 bits per heavy atom. The quantitative estimate of drug-likeness (QED) is 0.0362. The van der Waals surface area contributed by atoms with Crippen molar-refractivity contribution < 1.29 is 52.7 Å². The summed E-state index contributed by atoms with van der Waals surface area (Å²) < 4.78 is 0. The Labute approximate surface area is 386 Å². The molecule has 3 aliphatic heterocycles. The number of rotatable bonds is 23. The van der Waals surface area contributed by atoms with E-state index in [1.807, 2.05) is 0 Å². The SMILES string of the molecule is NCCCC#Cc1cccc2c1CN(C1CCC(=O)N(CNC(=O)CNC(=O)CNC(=O)[C@H](Cc3ccccc3)NC(=O)CNC(=O)CNC(=O)CCCCCN3C(=O)C=CC3=O)C1=O)C2=O. The van der Waals surface area contributed by atoms with Crippen molar-refractivity contribution in [1.29, 1.82) is 0 Å². The number of carbonyl (C=O) groups excluding carboxylic acids is 11. The molecule has 2 aromatic rings. The fraction of sp³-hybridized carbons (Fsp3) is 0.413. The number of piperidine rings is 1. The number of benzene rings is 2. The second-order valence-electron chi connectivity index (χ2n) is 15.8. The molecule has 0 bridgehead atoms. The lowest BCUT2D eigenvalue weighted by molar-refractivity contribution is -0.153. The third-order valence-corrected chi connectivity index (χ3v) is 10.9. The number of imide groups is 2. The number of likely N-dealkylation sites (tertiary alicyclic amines) is 1. The highest BCUT2D eigenvalue weighted by Crippen LogP contribution is 2.31. The zero-order valence-corrected chi connectivity index (χ0v) is 36.9. The van der Waals surface area contributed by atoms with Gasteiger partial charge in [-0.2, -0.15) is 0 Å². The number of carbonyl (C=O) groups is 11. The molecule has 3 heterocycles. The smallest absolute Gasteiger partial charge is 0.255 e. The minimum atomic E-state index is -1.18. The van der Waals surface area contributed by atoms with Crippen LogP contribution in [0.15, 0.2) is 60.7 Å². The molecule has 2 aromatic carbocycles. The molecule has 1 saturated heterocycles. The summed E-state index contributed by atoms with van der Waals surface area (Å²) in [5.41, 5.74) is 8.02. The van der Waals surface area contributed by atoms with Gasteiger partial charge in [0.05, 0.1) is 26.2 Å². The van der Waals surface area contributed by atoms with Gasteiger partial charge in [0.2, 0.25) is 41.4 Å². The minimum Gasteiger partial charge on any atom is -0.347 e. The maximum absolute atomic E-state index is 13.6. The van der Waals surface area contributed by atoms with E-state index in [0.717, 1.165) is 16.2 Å². The first kappa shape index (κ1) is 50.3. The van der Waals surface area contributed by atoms with Crippen LogP contribution in [-0.4, -0.2) is 138 Å². The molecule has 8 N–H and O–H groups in total. The molecule has 0 aromatic heterocycles. The third-order valence-electron chi connectivity index (χ3n) is 10.9. The summed E-state index contributed by atoms with van der Waals surface area (Å²) in [5, 5.41) is 14.5. The van der Waals surface area contributed by atoms with E-state index in [1.54, 1.807) is 48.5 Å². The van der Waals surface area contributed by atoms with Crippen molar-refractivity contribution >= 4 is 65.0 Å². The zero-order chi connectivity index (χ0) is 48.3. The lowest BCUT2D eigenvalue weighted by Crippen LogP contribution is -2.57. The van der Waals surface area contributed by atoms with E-state index in [2.05, 4.69) is 43.7 Å². The molecule has 354 valence electrons. The molecule has 1 unspecified atom stereocenters. The van der Waals surface area contributed by atoms with Crippen molar-refractivity contribution in [1.82, 2.24) is 46.6 Å². The van der Waals surface area contributed by atoms with Gasteiger partial charge in [0.1, 0.15) is 18.8 Å². The van der Waals surface area contributed by atoms with Gasteiger partial charge in [-0.1, -0.05) is 54.7 Å². The number of amides is 11. The topological polar surface area (TPSA) is 296 Å². The number of hydrogen-bond acceptors (Lipinski definition) is 12. The van der Waals surface area contributed by atoms with Gasteiger partial charge in [0.15, 0.2) is 0 Å². The van der Waals surface area contributed by atoms with E-state index in [9.17, 15) is 52.7 Å². The molecule has 0 aliphatic carbocycles. The van der Waals surface area contributed by atoms with E-state index in [1.165, 1.54) is 17.1 Å². The molecule has 21 heteroatoms. The van der Waals surface area contributed by atoms with Crippen LogP contribution in [0.3, 0.4) is 0 Å². The standard InChI is InChI=1S/C46H54N10O11/c47-21-8-2-6-13-31-14-10-15-32-33(31)28-55(45(32)66)35-17-18-43(64)56(46(35)67)29-52-39(60)25-49-38(59)26-51-44(65)34(23-30-11-4-1-5-12-30)53-40(61)27-50-37(58)24-48-36(57)16-7-3-9-22-54-41(62)19-20-42(54)63/h1,4-5,10-12,14-15,19-20,34-35H,2-3,7-9,16-18,21-29,47H2,(H,48,57)(H,49,59)(H,50,58)(H,51,65)(H,52,60)(H,53,61)/t34-,35?/m0/s1. The van der Waals surface area contributed by atoms with Crippen LogP contribution in [0, 0.1) is 11.8 Å². The third kappa shape index (κ3) is 14.9. The second-order valence-corrected chi connectivity index (χ2v) is 15.8. The van der Waals surface area contributed by atoms with Crippen molar-refractivity contribution in [3.8, 4) is 11.8 Å². The summed E-state index contributed by atoms with van der Waals surface area (Å²) in [6, 6.07) is 11.7. The average Bonchev–Trinajstić information content (AvgIpc) is 3.83. The summed E-state index contributed by atoms with van der Waals surface area (Å²) in [6.45, 7) is -1.72. The largest absolute Gasteiger partial charge is 0.347 e.